The number of amides is 1. The maximum absolute atomic E-state index is 11.7. The molecule has 1 N–H and O–H groups in total. The molecule has 0 radical (unpaired) electrons. The molecule has 0 bridgehead atoms. The van der Waals surface area contributed by atoms with Crippen molar-refractivity contribution in [2.45, 2.75) is 13.0 Å². The molecule has 1 aromatic heterocycles. The molecule has 6 nitrogen and oxygen atoms in total. The molecule has 0 saturated carbocycles. The van der Waals surface area contributed by atoms with Gasteiger partial charge in [0.25, 0.3) is 5.91 Å². The van der Waals surface area contributed by atoms with Gasteiger partial charge in [-0.3, -0.25) is 4.79 Å². The first-order valence-electron chi connectivity index (χ1n) is 7.02. The predicted molar refractivity (Wildman–Crippen MR) is 88.2 cm³/mol. The van der Waals surface area contributed by atoms with E-state index >= 15 is 0 Å². The second kappa shape index (κ2) is 8.61. The van der Waals surface area contributed by atoms with Crippen LogP contribution in [0, 0.1) is 0 Å². The molecule has 2 aromatic rings. The first-order valence-corrected chi connectivity index (χ1v) is 7.77. The van der Waals surface area contributed by atoms with E-state index in [1.807, 2.05) is 0 Å². The van der Waals surface area contributed by atoms with Gasteiger partial charge >= 0.3 is 5.97 Å². The van der Waals surface area contributed by atoms with Gasteiger partial charge in [0.05, 0.1) is 17.3 Å². The highest BCUT2D eigenvalue weighted by Gasteiger charge is 2.14. The number of hydrogen-bond acceptors (Lipinski definition) is 5. The van der Waals surface area contributed by atoms with Crippen molar-refractivity contribution in [3.05, 3.63) is 52.4 Å². The van der Waals surface area contributed by atoms with E-state index in [9.17, 15) is 9.59 Å². The molecule has 0 aliphatic rings. The van der Waals surface area contributed by atoms with Gasteiger partial charge in [-0.2, -0.15) is 0 Å². The maximum atomic E-state index is 11.7. The van der Waals surface area contributed by atoms with Crippen LogP contribution in [0.1, 0.15) is 18.7 Å². The minimum atomic E-state index is -0.693. The second-order valence-corrected chi connectivity index (χ2v) is 5.67. The number of ether oxygens (including phenoxy) is 2. The second-order valence-electron chi connectivity index (χ2n) is 4.83. The van der Waals surface area contributed by atoms with E-state index in [1.54, 1.807) is 25.1 Å². The third-order valence-electron chi connectivity index (χ3n) is 2.95. The van der Waals surface area contributed by atoms with Crippen LogP contribution >= 0.6 is 23.2 Å². The third kappa shape index (κ3) is 5.47. The highest BCUT2D eigenvalue weighted by molar-refractivity contribution is 6.35. The largest absolute Gasteiger partial charge is 0.480 e. The number of carbonyl (C=O) groups excluding carboxylic acids is 2. The average molecular weight is 372 g/mol. The van der Waals surface area contributed by atoms with Crippen molar-refractivity contribution in [1.82, 2.24) is 5.32 Å². The fourth-order valence-corrected chi connectivity index (χ4v) is 2.27. The summed E-state index contributed by atoms with van der Waals surface area (Å²) in [6.07, 6.45) is 1.51. The standard InChI is InChI=1S/C16H15Cl2NO5/c1-10(13-3-2-6-22-13)19-15(20)8-24-16(21)9-23-14-5-4-11(17)7-12(14)18/h2-7,10H,8-9H2,1H3,(H,19,20)/t10-/m1/s1. The normalized spacial score (nSPS) is 11.6. The summed E-state index contributed by atoms with van der Waals surface area (Å²) >= 11 is 11.7. The van der Waals surface area contributed by atoms with Crippen LogP contribution in [0.15, 0.2) is 41.0 Å². The molecule has 0 unspecified atom stereocenters. The molecule has 1 atom stereocenters. The quantitative estimate of drug-likeness (QED) is 0.754. The molecular formula is C16H15Cl2NO5. The molecule has 1 heterocycles. The summed E-state index contributed by atoms with van der Waals surface area (Å²) in [5.74, 6) is -0.233. The molecule has 0 aliphatic heterocycles. The maximum Gasteiger partial charge on any atom is 0.344 e. The molecule has 128 valence electrons. The Morgan fingerprint density at radius 3 is 2.71 bits per heavy atom. The summed E-state index contributed by atoms with van der Waals surface area (Å²) < 4.78 is 15.2. The van der Waals surface area contributed by atoms with Crippen molar-refractivity contribution >= 4 is 35.1 Å². The minimum Gasteiger partial charge on any atom is -0.480 e. The number of carbonyl (C=O) groups is 2. The zero-order valence-corrected chi connectivity index (χ0v) is 14.3. The Balaban J connectivity index is 1.71. The summed E-state index contributed by atoms with van der Waals surface area (Å²) in [5.41, 5.74) is 0. The predicted octanol–water partition coefficient (Wildman–Crippen LogP) is 3.39. The summed E-state index contributed by atoms with van der Waals surface area (Å²) in [6, 6.07) is 7.74. The first kappa shape index (κ1) is 18.2. The number of halogens is 2. The molecular weight excluding hydrogens is 357 g/mol. The Hall–Kier alpha value is -2.18. The van der Waals surface area contributed by atoms with Crippen molar-refractivity contribution in [2.24, 2.45) is 0 Å². The summed E-state index contributed by atoms with van der Waals surface area (Å²) in [4.78, 5) is 23.3. The van der Waals surface area contributed by atoms with Crippen molar-refractivity contribution < 1.29 is 23.5 Å². The highest BCUT2D eigenvalue weighted by Crippen LogP contribution is 2.27. The molecule has 1 aromatic carbocycles. The number of nitrogens with one attached hydrogen (secondary N) is 1. The lowest BCUT2D eigenvalue weighted by atomic mass is 10.2. The Morgan fingerprint density at radius 1 is 1.25 bits per heavy atom. The lowest BCUT2D eigenvalue weighted by Crippen LogP contribution is -2.31. The summed E-state index contributed by atoms with van der Waals surface area (Å²) in [5, 5.41) is 3.37. The van der Waals surface area contributed by atoms with E-state index in [0.29, 0.717) is 16.5 Å². The molecule has 8 heteroatoms. The fourth-order valence-electron chi connectivity index (χ4n) is 1.81. The van der Waals surface area contributed by atoms with Crippen molar-refractivity contribution in [3.8, 4) is 5.75 Å². The SMILES string of the molecule is C[C@@H](NC(=O)COC(=O)COc1ccc(Cl)cc1Cl)c1ccco1. The smallest absolute Gasteiger partial charge is 0.344 e. The van der Waals surface area contributed by atoms with Gasteiger partial charge in [0.1, 0.15) is 11.5 Å². The molecule has 0 aliphatic carbocycles. The summed E-state index contributed by atoms with van der Waals surface area (Å²) in [6.45, 7) is 0.966. The van der Waals surface area contributed by atoms with Crippen LogP contribution in [-0.2, 0) is 14.3 Å². The lowest BCUT2D eigenvalue weighted by Gasteiger charge is -2.12. The molecule has 2 rings (SSSR count). The fraction of sp³-hybridized carbons (Fsp3) is 0.250. The van der Waals surface area contributed by atoms with Gasteiger partial charge in [0, 0.05) is 5.02 Å². The van der Waals surface area contributed by atoms with E-state index in [0.717, 1.165) is 0 Å². The minimum absolute atomic E-state index is 0.278. The van der Waals surface area contributed by atoms with Crippen molar-refractivity contribution in [1.29, 1.82) is 0 Å². The molecule has 0 saturated heterocycles. The first-order chi connectivity index (χ1) is 11.5. The number of rotatable bonds is 7. The average Bonchev–Trinajstić information content (AvgIpc) is 3.06. The number of esters is 1. The van der Waals surface area contributed by atoms with E-state index in [2.05, 4.69) is 5.32 Å². The van der Waals surface area contributed by atoms with E-state index < -0.39 is 18.5 Å². The van der Waals surface area contributed by atoms with Crippen molar-refractivity contribution in [3.63, 3.8) is 0 Å². The Morgan fingerprint density at radius 2 is 2.04 bits per heavy atom. The Labute approximate surface area is 148 Å². The van der Waals surface area contributed by atoms with Crippen molar-refractivity contribution in [2.75, 3.05) is 13.2 Å². The molecule has 24 heavy (non-hydrogen) atoms. The zero-order chi connectivity index (χ0) is 17.5. The number of furan rings is 1. The van der Waals surface area contributed by atoms with Crippen LogP contribution in [0.4, 0.5) is 0 Å². The van der Waals surface area contributed by atoms with E-state index in [-0.39, 0.29) is 17.7 Å². The summed E-state index contributed by atoms with van der Waals surface area (Å²) in [7, 11) is 0. The van der Waals surface area contributed by atoms with Crippen LogP contribution in [0.5, 0.6) is 5.75 Å². The molecule has 0 spiro atoms. The van der Waals surface area contributed by atoms with Gasteiger partial charge in [-0.25, -0.2) is 4.79 Å². The Kier molecular flexibility index (Phi) is 6.52. The van der Waals surface area contributed by atoms with E-state index in [1.165, 1.54) is 18.4 Å². The van der Waals surface area contributed by atoms with Crippen LogP contribution in [0.2, 0.25) is 10.0 Å². The van der Waals surface area contributed by atoms with Crippen LogP contribution in [0.25, 0.3) is 0 Å². The van der Waals surface area contributed by atoms with Crippen LogP contribution in [0.3, 0.4) is 0 Å². The van der Waals surface area contributed by atoms with E-state index in [4.69, 9.17) is 37.1 Å². The molecule has 1 amide bonds. The molecule has 0 fully saturated rings. The zero-order valence-electron chi connectivity index (χ0n) is 12.8. The lowest BCUT2D eigenvalue weighted by molar-refractivity contribution is -0.150. The van der Waals surface area contributed by atoms with Gasteiger partial charge in [-0.15, -0.1) is 0 Å². The van der Waals surface area contributed by atoms with Gasteiger partial charge in [-0.1, -0.05) is 23.2 Å². The van der Waals surface area contributed by atoms with Crippen LogP contribution in [-0.4, -0.2) is 25.1 Å². The van der Waals surface area contributed by atoms with Gasteiger partial charge < -0.3 is 19.2 Å². The third-order valence-corrected chi connectivity index (χ3v) is 3.48. The van der Waals surface area contributed by atoms with Crippen LogP contribution < -0.4 is 10.1 Å². The number of hydrogen-bond donors (Lipinski definition) is 1. The highest BCUT2D eigenvalue weighted by atomic mass is 35.5. The van der Waals surface area contributed by atoms with Gasteiger partial charge in [0.2, 0.25) is 0 Å². The monoisotopic (exact) mass is 371 g/mol. The van der Waals surface area contributed by atoms with Gasteiger partial charge in [0.15, 0.2) is 13.2 Å². The Bertz CT molecular complexity index is 702. The van der Waals surface area contributed by atoms with Gasteiger partial charge in [-0.05, 0) is 37.3 Å². The number of benzene rings is 1. The topological polar surface area (TPSA) is 77.8 Å².